The molecule has 1 aromatic rings. The first kappa shape index (κ1) is 21.0. The van der Waals surface area contributed by atoms with Gasteiger partial charge in [-0.2, -0.15) is 0 Å². The lowest BCUT2D eigenvalue weighted by atomic mass is 10.0. The molecule has 0 radical (unpaired) electrons. The second-order valence-electron chi connectivity index (χ2n) is 8.47. The van der Waals surface area contributed by atoms with Gasteiger partial charge in [-0.15, -0.1) is 0 Å². The summed E-state index contributed by atoms with van der Waals surface area (Å²) in [6.07, 6.45) is 27.1. The highest BCUT2D eigenvalue weighted by Crippen LogP contribution is 2.19. The van der Waals surface area contributed by atoms with Crippen molar-refractivity contribution in [3.05, 3.63) is 34.0 Å². The number of rotatable bonds is 15. The molecule has 0 fully saturated rings. The highest BCUT2D eigenvalue weighted by molar-refractivity contribution is 5.97. The third-order valence-electron chi connectivity index (χ3n) is 6.04. The highest BCUT2D eigenvalue weighted by atomic mass is 14.8. The average molecular weight is 379 g/mol. The van der Waals surface area contributed by atoms with Gasteiger partial charge in [0.25, 0.3) is 0 Å². The van der Waals surface area contributed by atoms with Crippen molar-refractivity contribution in [2.45, 2.75) is 103 Å². The molecule has 0 aromatic heterocycles. The first-order valence-electron chi connectivity index (χ1n) is 11.8. The molecule has 2 nitrogen and oxygen atoms in total. The summed E-state index contributed by atoms with van der Waals surface area (Å²) >= 11 is 0. The number of aliphatic imine (C=N–C) groups is 1. The molecular weight excluding hydrogens is 340 g/mol. The topological polar surface area (TPSA) is 24.7 Å². The predicted octanol–water partition coefficient (Wildman–Crippen LogP) is 7.03. The molecule has 2 heterocycles. The largest absolute Gasteiger partial charge is 0.256 e. The molecule has 0 spiro atoms. The fraction of sp³-hybridized carbons (Fsp3) is 0.615. The van der Waals surface area contributed by atoms with Crippen LogP contribution in [0.2, 0.25) is 0 Å². The van der Waals surface area contributed by atoms with Crippen molar-refractivity contribution in [3.63, 3.8) is 0 Å². The van der Waals surface area contributed by atoms with Gasteiger partial charge in [-0.25, -0.2) is 0 Å². The third kappa shape index (κ3) is 6.43. The van der Waals surface area contributed by atoms with E-state index in [1.165, 1.54) is 106 Å². The second kappa shape index (κ2) is 12.0. The monoisotopic (exact) mass is 378 g/mol. The predicted molar refractivity (Wildman–Crippen MR) is 123 cm³/mol. The van der Waals surface area contributed by atoms with Crippen LogP contribution in [0.4, 0.5) is 5.69 Å². The summed E-state index contributed by atoms with van der Waals surface area (Å²) in [5.74, 6) is 0. The summed E-state index contributed by atoms with van der Waals surface area (Å²) in [6, 6.07) is 4.27. The van der Waals surface area contributed by atoms with Gasteiger partial charge in [-0.1, -0.05) is 96.5 Å². The summed E-state index contributed by atoms with van der Waals surface area (Å²) in [4.78, 5) is 9.25. The van der Waals surface area contributed by atoms with Gasteiger partial charge in [0.2, 0.25) is 0 Å². The molecule has 1 aromatic carbocycles. The van der Waals surface area contributed by atoms with Crippen molar-refractivity contribution in [1.82, 2.24) is 0 Å². The van der Waals surface area contributed by atoms with E-state index >= 15 is 0 Å². The Hall–Kier alpha value is -1.70. The number of unbranched alkanes of at least 4 members (excludes halogenated alkanes) is 13. The Kier molecular flexibility index (Phi) is 9.00. The van der Waals surface area contributed by atoms with Crippen LogP contribution in [0.1, 0.15) is 109 Å². The Morgan fingerprint density at radius 2 is 1.32 bits per heavy atom. The van der Waals surface area contributed by atoms with Gasteiger partial charge in [0.1, 0.15) is 0 Å². The van der Waals surface area contributed by atoms with Crippen molar-refractivity contribution in [1.29, 1.82) is 0 Å². The third-order valence-corrected chi connectivity index (χ3v) is 6.04. The second-order valence-corrected chi connectivity index (χ2v) is 8.47. The molecule has 0 atom stereocenters. The molecule has 3 rings (SSSR count). The van der Waals surface area contributed by atoms with Crippen molar-refractivity contribution in [3.8, 4) is 0 Å². The Bertz CT molecular complexity index is 785. The van der Waals surface area contributed by atoms with Crippen LogP contribution in [0.3, 0.4) is 0 Å². The maximum Gasteiger partial charge on any atom is 0.0800 e. The summed E-state index contributed by atoms with van der Waals surface area (Å²) in [5.41, 5.74) is 3.58. The number of allylic oxidation sites excluding steroid dienone is 1. The van der Waals surface area contributed by atoms with Crippen LogP contribution in [-0.2, 0) is 0 Å². The molecule has 0 saturated heterocycles. The van der Waals surface area contributed by atoms with Gasteiger partial charge < -0.3 is 0 Å². The number of hydrogen-bond acceptors (Lipinski definition) is 2. The number of benzene rings is 1. The fourth-order valence-corrected chi connectivity index (χ4v) is 4.31. The van der Waals surface area contributed by atoms with E-state index in [-0.39, 0.29) is 0 Å². The molecular formula is C26H38N2. The van der Waals surface area contributed by atoms with Crippen LogP contribution < -0.4 is 10.6 Å². The molecule has 0 saturated carbocycles. The number of fused-ring (bicyclic) bond motifs is 3. The Labute approximate surface area is 171 Å². The van der Waals surface area contributed by atoms with Gasteiger partial charge in [0.15, 0.2) is 0 Å². The zero-order chi connectivity index (χ0) is 19.4. The van der Waals surface area contributed by atoms with Crippen molar-refractivity contribution < 1.29 is 0 Å². The summed E-state index contributed by atoms with van der Waals surface area (Å²) in [5, 5.41) is 2.33. The lowest BCUT2D eigenvalue weighted by Crippen LogP contribution is -2.25. The van der Waals surface area contributed by atoms with Gasteiger partial charge in [0.05, 0.1) is 11.0 Å². The van der Waals surface area contributed by atoms with E-state index in [1.807, 2.05) is 6.21 Å². The number of nitrogens with zero attached hydrogens (tertiary/aromatic N) is 2. The van der Waals surface area contributed by atoms with E-state index in [0.29, 0.717) is 0 Å². The standard InChI is InChI=1S/C26H38N2/c1-2-3-4-5-6-7-8-9-10-11-12-13-14-15-16-23-21-22-17-18-25-24(19-20-27-25)26(22)28-23/h17-21H,2-16H2,1H3. The highest BCUT2D eigenvalue weighted by Gasteiger charge is 2.10. The molecule has 2 heteroatoms. The summed E-state index contributed by atoms with van der Waals surface area (Å²) < 4.78 is 0. The van der Waals surface area contributed by atoms with E-state index in [0.717, 1.165) is 17.5 Å². The molecule has 0 bridgehead atoms. The van der Waals surface area contributed by atoms with Gasteiger partial charge >= 0.3 is 0 Å². The quantitative estimate of drug-likeness (QED) is 0.293. The van der Waals surface area contributed by atoms with Crippen LogP contribution in [0.15, 0.2) is 27.8 Å². The average Bonchev–Trinajstić information content (AvgIpc) is 3.34. The summed E-state index contributed by atoms with van der Waals surface area (Å²) in [6.45, 7) is 2.29. The van der Waals surface area contributed by atoms with E-state index in [9.17, 15) is 0 Å². The molecule has 0 amide bonds. The first-order chi connectivity index (χ1) is 13.9. The van der Waals surface area contributed by atoms with Crippen LogP contribution >= 0.6 is 0 Å². The molecule has 0 N–H and O–H groups in total. The molecule has 0 aliphatic carbocycles. The minimum atomic E-state index is 1.06. The molecule has 2 aliphatic rings. The van der Waals surface area contributed by atoms with Crippen LogP contribution in [-0.4, -0.2) is 6.21 Å². The zero-order valence-electron chi connectivity index (χ0n) is 17.9. The Morgan fingerprint density at radius 3 is 1.96 bits per heavy atom. The van der Waals surface area contributed by atoms with E-state index in [1.54, 1.807) is 0 Å². The zero-order valence-corrected chi connectivity index (χ0v) is 17.9. The molecule has 2 aliphatic heterocycles. The van der Waals surface area contributed by atoms with Crippen LogP contribution in [0.5, 0.6) is 0 Å². The van der Waals surface area contributed by atoms with E-state index in [2.05, 4.69) is 36.2 Å². The lowest BCUT2D eigenvalue weighted by Gasteiger charge is -2.03. The van der Waals surface area contributed by atoms with Crippen molar-refractivity contribution >= 4 is 24.1 Å². The van der Waals surface area contributed by atoms with Crippen molar-refractivity contribution in [2.24, 2.45) is 9.98 Å². The van der Waals surface area contributed by atoms with E-state index in [4.69, 9.17) is 4.99 Å². The minimum absolute atomic E-state index is 1.06. The molecule has 28 heavy (non-hydrogen) atoms. The van der Waals surface area contributed by atoms with E-state index < -0.39 is 0 Å². The van der Waals surface area contributed by atoms with Crippen LogP contribution in [0.25, 0.3) is 12.2 Å². The normalized spacial score (nSPS) is 13.8. The minimum Gasteiger partial charge on any atom is -0.256 e. The van der Waals surface area contributed by atoms with Gasteiger partial charge in [-0.05, 0) is 31.1 Å². The maximum absolute atomic E-state index is 4.87. The maximum atomic E-state index is 4.87. The van der Waals surface area contributed by atoms with Crippen molar-refractivity contribution in [2.75, 3.05) is 0 Å². The smallest absolute Gasteiger partial charge is 0.0800 e. The number of hydrogen-bond donors (Lipinski definition) is 0. The Morgan fingerprint density at radius 1 is 0.714 bits per heavy atom. The molecule has 0 unspecified atom stereocenters. The Balaban J connectivity index is 1.18. The fourth-order valence-electron chi connectivity index (χ4n) is 4.31. The first-order valence-corrected chi connectivity index (χ1v) is 11.8. The van der Waals surface area contributed by atoms with Gasteiger partial charge in [-0.3, -0.25) is 9.98 Å². The summed E-state index contributed by atoms with van der Waals surface area (Å²) in [7, 11) is 0. The molecule has 152 valence electrons. The lowest BCUT2D eigenvalue weighted by molar-refractivity contribution is 0.535. The van der Waals surface area contributed by atoms with Crippen LogP contribution in [0, 0.1) is 0 Å². The SMILES string of the molecule is CCCCCCCCCCCCCCCCC1=Cc2ccc3c(c2=N1)=CC=N3. The van der Waals surface area contributed by atoms with Gasteiger partial charge in [0, 0.05) is 22.7 Å².